The van der Waals surface area contributed by atoms with E-state index >= 15 is 0 Å². The zero-order valence-electron chi connectivity index (χ0n) is 8.65. The van der Waals surface area contributed by atoms with Gasteiger partial charge in [-0.15, -0.1) is 0 Å². The fourth-order valence-corrected chi connectivity index (χ4v) is 1.12. The summed E-state index contributed by atoms with van der Waals surface area (Å²) < 4.78 is 25.5. The maximum Gasteiger partial charge on any atom is 0.320 e. The van der Waals surface area contributed by atoms with Crippen LogP contribution in [0.1, 0.15) is 39.5 Å². The average Bonchev–Trinajstić information content (AvgIpc) is 2.16. The summed E-state index contributed by atoms with van der Waals surface area (Å²) in [5.41, 5.74) is 0. The van der Waals surface area contributed by atoms with E-state index in [4.69, 9.17) is 4.74 Å². The second kappa shape index (κ2) is 7.94. The van der Waals surface area contributed by atoms with Crippen molar-refractivity contribution in [3.8, 4) is 0 Å². The second-order valence-electron chi connectivity index (χ2n) is 3.13. The third kappa shape index (κ3) is 6.10. The first-order valence-electron chi connectivity index (χ1n) is 4.84. The van der Waals surface area contributed by atoms with E-state index in [0.29, 0.717) is 6.61 Å². The largest absolute Gasteiger partial charge is 0.772 e. The monoisotopic (exact) mass is 221 g/mol. The number of unbranched alkanes of at least 4 members (excludes halogenated alkanes) is 3. The highest BCUT2D eigenvalue weighted by Gasteiger charge is 2.14. The van der Waals surface area contributed by atoms with Gasteiger partial charge in [0.25, 0.3) is 0 Å². The maximum atomic E-state index is 11.0. The first-order valence-corrected chi connectivity index (χ1v) is 5.98. The van der Waals surface area contributed by atoms with E-state index in [1.54, 1.807) is 0 Å². The molecule has 4 nitrogen and oxygen atoms in total. The average molecular weight is 221 g/mol. The van der Waals surface area contributed by atoms with Crippen LogP contribution in [-0.4, -0.2) is 26.6 Å². The van der Waals surface area contributed by atoms with E-state index in [9.17, 15) is 13.6 Å². The molecule has 0 rings (SSSR count). The highest BCUT2D eigenvalue weighted by Crippen LogP contribution is 2.01. The van der Waals surface area contributed by atoms with E-state index in [1.165, 1.54) is 6.92 Å². The summed E-state index contributed by atoms with van der Waals surface area (Å²) in [4.78, 5) is 11.0. The molecule has 0 aromatic heterocycles. The van der Waals surface area contributed by atoms with Gasteiger partial charge in [0.15, 0.2) is 0 Å². The minimum Gasteiger partial charge on any atom is -0.772 e. The molecule has 0 heterocycles. The second-order valence-corrected chi connectivity index (χ2v) is 4.36. The quantitative estimate of drug-likeness (QED) is 0.370. The Balaban J connectivity index is 3.49. The molecular formula is C9H17O4S-. The van der Waals surface area contributed by atoms with Crippen molar-refractivity contribution in [3.05, 3.63) is 0 Å². The van der Waals surface area contributed by atoms with Crippen molar-refractivity contribution in [1.82, 2.24) is 0 Å². The molecule has 84 valence electrons. The van der Waals surface area contributed by atoms with Gasteiger partial charge in [-0.3, -0.25) is 9.00 Å². The standard InChI is InChI=1S/C9H18O4S/c1-3-4-5-6-7-13-9(10)8(2)14(11)12/h8H,3-7H2,1-2H3,(H,11,12)/p-1. The molecular weight excluding hydrogens is 204 g/mol. The molecule has 14 heavy (non-hydrogen) atoms. The van der Waals surface area contributed by atoms with E-state index in [1.807, 2.05) is 0 Å². The molecule has 0 aliphatic rings. The molecule has 0 saturated heterocycles. The fourth-order valence-electron chi connectivity index (χ4n) is 0.898. The third-order valence-corrected chi connectivity index (χ3v) is 2.63. The van der Waals surface area contributed by atoms with Gasteiger partial charge in [-0.05, 0) is 24.4 Å². The molecule has 0 fully saturated rings. The highest BCUT2D eigenvalue weighted by molar-refractivity contribution is 7.80. The molecule has 2 unspecified atom stereocenters. The van der Waals surface area contributed by atoms with Gasteiger partial charge in [-0.25, -0.2) is 0 Å². The minimum atomic E-state index is -2.37. The molecule has 0 radical (unpaired) electrons. The van der Waals surface area contributed by atoms with Crippen molar-refractivity contribution in [2.24, 2.45) is 0 Å². The van der Waals surface area contributed by atoms with E-state index < -0.39 is 22.3 Å². The smallest absolute Gasteiger partial charge is 0.320 e. The van der Waals surface area contributed by atoms with Gasteiger partial charge in [0.05, 0.1) is 6.61 Å². The summed E-state index contributed by atoms with van der Waals surface area (Å²) in [6, 6.07) is 0. The SMILES string of the molecule is CCCCCCOC(=O)C(C)S(=O)[O-]. The topological polar surface area (TPSA) is 66.4 Å². The molecule has 0 amide bonds. The van der Waals surface area contributed by atoms with Crippen LogP contribution in [0.3, 0.4) is 0 Å². The van der Waals surface area contributed by atoms with Crippen molar-refractivity contribution in [2.75, 3.05) is 6.61 Å². The van der Waals surface area contributed by atoms with E-state index in [2.05, 4.69) is 6.92 Å². The lowest BCUT2D eigenvalue weighted by molar-refractivity contribution is -0.142. The normalized spacial score (nSPS) is 14.8. The Morgan fingerprint density at radius 3 is 2.57 bits per heavy atom. The third-order valence-electron chi connectivity index (χ3n) is 1.86. The maximum absolute atomic E-state index is 11.0. The summed E-state index contributed by atoms with van der Waals surface area (Å²) in [6.07, 6.45) is 4.05. The molecule has 0 aromatic rings. The van der Waals surface area contributed by atoms with Crippen LogP contribution in [0.4, 0.5) is 0 Å². The van der Waals surface area contributed by atoms with E-state index in [-0.39, 0.29) is 0 Å². The van der Waals surface area contributed by atoms with Crippen LogP contribution in [0, 0.1) is 0 Å². The van der Waals surface area contributed by atoms with Crippen LogP contribution in [0.5, 0.6) is 0 Å². The number of ether oxygens (including phenoxy) is 1. The van der Waals surface area contributed by atoms with Crippen molar-refractivity contribution in [3.63, 3.8) is 0 Å². The Morgan fingerprint density at radius 2 is 2.07 bits per heavy atom. The fraction of sp³-hybridized carbons (Fsp3) is 0.889. The van der Waals surface area contributed by atoms with Gasteiger partial charge < -0.3 is 9.29 Å². The summed E-state index contributed by atoms with van der Waals surface area (Å²) in [7, 11) is 0. The van der Waals surface area contributed by atoms with Crippen molar-refractivity contribution in [1.29, 1.82) is 0 Å². The minimum absolute atomic E-state index is 0.320. The first kappa shape index (κ1) is 13.6. The Morgan fingerprint density at radius 1 is 1.43 bits per heavy atom. The number of hydrogen-bond donors (Lipinski definition) is 0. The zero-order valence-corrected chi connectivity index (χ0v) is 9.47. The van der Waals surface area contributed by atoms with Gasteiger partial charge in [-0.1, -0.05) is 26.2 Å². The number of carbonyl (C=O) groups is 1. The van der Waals surface area contributed by atoms with E-state index in [0.717, 1.165) is 25.7 Å². The predicted octanol–water partition coefficient (Wildman–Crippen LogP) is 1.38. The van der Waals surface area contributed by atoms with Crippen molar-refractivity contribution >= 4 is 17.0 Å². The summed E-state index contributed by atoms with van der Waals surface area (Å²) in [5.74, 6) is -0.658. The molecule has 0 bridgehead atoms. The van der Waals surface area contributed by atoms with Gasteiger partial charge in [0.1, 0.15) is 5.25 Å². The van der Waals surface area contributed by atoms with Gasteiger partial charge in [0, 0.05) is 0 Å². The molecule has 0 aromatic carbocycles. The Kier molecular flexibility index (Phi) is 7.70. The molecule has 0 N–H and O–H groups in total. The Hall–Kier alpha value is -0.420. The Bertz CT molecular complexity index is 193. The molecule has 5 heteroatoms. The lowest BCUT2D eigenvalue weighted by Gasteiger charge is -2.13. The molecule has 2 atom stereocenters. The van der Waals surface area contributed by atoms with Gasteiger partial charge in [-0.2, -0.15) is 0 Å². The van der Waals surface area contributed by atoms with Crippen LogP contribution in [0.25, 0.3) is 0 Å². The number of carbonyl (C=O) groups excluding carboxylic acids is 1. The van der Waals surface area contributed by atoms with Crippen LogP contribution < -0.4 is 0 Å². The van der Waals surface area contributed by atoms with Crippen molar-refractivity contribution in [2.45, 2.75) is 44.8 Å². The number of rotatable bonds is 7. The number of esters is 1. The lowest BCUT2D eigenvalue weighted by Crippen LogP contribution is -2.24. The Labute approximate surface area is 87.3 Å². The molecule has 0 aliphatic heterocycles. The number of hydrogen-bond acceptors (Lipinski definition) is 4. The molecule has 0 spiro atoms. The molecule has 0 saturated carbocycles. The summed E-state index contributed by atoms with van der Waals surface area (Å²) in [6.45, 7) is 3.73. The van der Waals surface area contributed by atoms with Crippen LogP contribution in [-0.2, 0) is 20.6 Å². The first-order chi connectivity index (χ1) is 6.59. The summed E-state index contributed by atoms with van der Waals surface area (Å²) in [5, 5.41) is -1.05. The van der Waals surface area contributed by atoms with Gasteiger partial charge in [0.2, 0.25) is 0 Å². The highest BCUT2D eigenvalue weighted by atomic mass is 32.2. The zero-order chi connectivity index (χ0) is 11.0. The van der Waals surface area contributed by atoms with Crippen LogP contribution >= 0.6 is 0 Å². The van der Waals surface area contributed by atoms with Crippen molar-refractivity contribution < 1.29 is 18.3 Å². The van der Waals surface area contributed by atoms with Gasteiger partial charge >= 0.3 is 5.97 Å². The predicted molar refractivity (Wildman–Crippen MR) is 53.5 cm³/mol. The van der Waals surface area contributed by atoms with Crippen LogP contribution in [0.2, 0.25) is 0 Å². The summed E-state index contributed by atoms with van der Waals surface area (Å²) >= 11 is -2.37. The van der Waals surface area contributed by atoms with Crippen LogP contribution in [0.15, 0.2) is 0 Å². The molecule has 0 aliphatic carbocycles. The lowest BCUT2D eigenvalue weighted by atomic mass is 10.2.